The summed E-state index contributed by atoms with van der Waals surface area (Å²) in [7, 11) is 3.80. The van der Waals surface area contributed by atoms with Crippen LogP contribution in [0.4, 0.5) is 0 Å². The van der Waals surface area contributed by atoms with Gasteiger partial charge in [-0.2, -0.15) is 5.10 Å². The summed E-state index contributed by atoms with van der Waals surface area (Å²) < 4.78 is 7.64. The Morgan fingerprint density at radius 2 is 1.96 bits per heavy atom. The number of para-hydroxylation sites is 1. The third kappa shape index (κ3) is 2.57. The fourth-order valence-electron chi connectivity index (χ4n) is 5.76. The molecule has 1 aromatic heterocycles. The van der Waals surface area contributed by atoms with Crippen molar-refractivity contribution in [3.63, 3.8) is 0 Å². The van der Waals surface area contributed by atoms with Gasteiger partial charge in [-0.05, 0) is 37.9 Å². The third-order valence-electron chi connectivity index (χ3n) is 6.78. The second kappa shape index (κ2) is 6.39. The van der Waals surface area contributed by atoms with Crippen molar-refractivity contribution in [2.75, 3.05) is 26.7 Å². The molecule has 4 saturated heterocycles. The van der Waals surface area contributed by atoms with E-state index in [-0.39, 0.29) is 0 Å². The van der Waals surface area contributed by atoms with Gasteiger partial charge >= 0.3 is 0 Å². The SMILES string of the molecule is COc1ccccc1[C@H]1CN(Cc2cnn(C)c2)[C@H]2C3CCN(CC3)[C@@H]12. The molecule has 1 aromatic carbocycles. The Kier molecular flexibility index (Phi) is 4.02. The lowest BCUT2D eigenvalue weighted by atomic mass is 9.75. The van der Waals surface area contributed by atoms with Gasteiger partial charge in [0.15, 0.2) is 0 Å². The Labute approximate surface area is 155 Å². The fraction of sp³-hybridized carbons (Fsp3) is 0.571. The highest BCUT2D eigenvalue weighted by molar-refractivity contribution is 5.39. The Hall–Kier alpha value is -1.85. The summed E-state index contributed by atoms with van der Waals surface area (Å²) in [5.74, 6) is 2.40. The zero-order valence-electron chi connectivity index (χ0n) is 15.7. The summed E-state index contributed by atoms with van der Waals surface area (Å²) in [5, 5.41) is 4.37. The predicted octanol–water partition coefficient (Wildman–Crippen LogP) is 2.49. The molecule has 4 fully saturated rings. The van der Waals surface area contributed by atoms with Crippen LogP contribution in [0.1, 0.15) is 29.9 Å². The minimum absolute atomic E-state index is 0.524. The van der Waals surface area contributed by atoms with Crippen LogP contribution >= 0.6 is 0 Å². The number of aromatic nitrogens is 2. The van der Waals surface area contributed by atoms with Crippen molar-refractivity contribution in [2.45, 2.75) is 37.4 Å². The average molecular weight is 352 g/mol. The first-order valence-corrected chi connectivity index (χ1v) is 9.83. The number of rotatable bonds is 4. The van der Waals surface area contributed by atoms with E-state index >= 15 is 0 Å². The molecule has 2 aromatic rings. The number of piperidine rings is 3. The number of fused-ring (bicyclic) bond motifs is 2. The van der Waals surface area contributed by atoms with Crippen molar-refractivity contribution in [3.8, 4) is 5.75 Å². The Balaban J connectivity index is 1.50. The molecule has 138 valence electrons. The van der Waals surface area contributed by atoms with Gasteiger partial charge < -0.3 is 4.74 Å². The van der Waals surface area contributed by atoms with Crippen molar-refractivity contribution in [2.24, 2.45) is 13.0 Å². The van der Waals surface area contributed by atoms with Gasteiger partial charge in [-0.3, -0.25) is 14.5 Å². The molecule has 0 amide bonds. The summed E-state index contributed by atoms with van der Waals surface area (Å²) in [4.78, 5) is 5.49. The van der Waals surface area contributed by atoms with Crippen molar-refractivity contribution >= 4 is 0 Å². The highest BCUT2D eigenvalue weighted by Gasteiger charge is 2.53. The average Bonchev–Trinajstić information content (AvgIpc) is 3.28. The van der Waals surface area contributed by atoms with Crippen molar-refractivity contribution in [1.82, 2.24) is 19.6 Å². The highest BCUT2D eigenvalue weighted by atomic mass is 16.5. The standard InChI is InChI=1S/C21H28N4O/c1-23-12-15(11-22-23)13-25-14-18(17-5-3-4-6-19(17)26-2)21-20(25)16-7-9-24(21)10-8-16/h3-6,11-12,16,18,20-21H,7-10,13-14H2,1-2H3/t18-,20+,21+/m1/s1. The van der Waals surface area contributed by atoms with E-state index in [0.29, 0.717) is 18.0 Å². The zero-order valence-corrected chi connectivity index (χ0v) is 15.7. The number of nitrogens with zero attached hydrogens (tertiary/aromatic N) is 4. The second-order valence-electron chi connectivity index (χ2n) is 8.15. The summed E-state index contributed by atoms with van der Waals surface area (Å²) in [6.07, 6.45) is 6.88. The molecule has 0 radical (unpaired) electrons. The first kappa shape index (κ1) is 16.3. The van der Waals surface area contributed by atoms with E-state index in [9.17, 15) is 0 Å². The van der Waals surface area contributed by atoms with E-state index < -0.39 is 0 Å². The third-order valence-corrected chi connectivity index (χ3v) is 6.78. The van der Waals surface area contributed by atoms with E-state index in [1.165, 1.54) is 37.1 Å². The van der Waals surface area contributed by atoms with Crippen LogP contribution < -0.4 is 4.74 Å². The van der Waals surface area contributed by atoms with Crippen LogP contribution in [-0.2, 0) is 13.6 Å². The second-order valence-corrected chi connectivity index (χ2v) is 8.15. The maximum absolute atomic E-state index is 5.72. The van der Waals surface area contributed by atoms with E-state index in [4.69, 9.17) is 4.74 Å². The predicted molar refractivity (Wildman–Crippen MR) is 101 cm³/mol. The van der Waals surface area contributed by atoms with Crippen LogP contribution in [0.15, 0.2) is 36.7 Å². The topological polar surface area (TPSA) is 33.5 Å². The smallest absolute Gasteiger partial charge is 0.122 e. The molecular weight excluding hydrogens is 324 g/mol. The van der Waals surface area contributed by atoms with E-state index in [2.05, 4.69) is 45.4 Å². The molecule has 5 nitrogen and oxygen atoms in total. The normalized spacial score (nSPS) is 33.4. The number of hydrogen-bond acceptors (Lipinski definition) is 4. The van der Waals surface area contributed by atoms with Crippen LogP contribution in [0.25, 0.3) is 0 Å². The molecule has 4 aliphatic heterocycles. The van der Waals surface area contributed by atoms with Gasteiger partial charge in [0, 0.05) is 55.5 Å². The molecule has 0 unspecified atom stereocenters. The monoisotopic (exact) mass is 352 g/mol. The van der Waals surface area contributed by atoms with Gasteiger partial charge in [-0.25, -0.2) is 0 Å². The molecule has 5 heteroatoms. The van der Waals surface area contributed by atoms with Crippen molar-refractivity contribution < 1.29 is 4.74 Å². The molecule has 0 saturated carbocycles. The van der Waals surface area contributed by atoms with Crippen LogP contribution in [0, 0.1) is 5.92 Å². The van der Waals surface area contributed by atoms with Crippen molar-refractivity contribution in [3.05, 3.63) is 47.8 Å². The molecule has 4 aliphatic rings. The van der Waals surface area contributed by atoms with Crippen LogP contribution in [0.3, 0.4) is 0 Å². The molecule has 0 N–H and O–H groups in total. The molecule has 6 rings (SSSR count). The van der Waals surface area contributed by atoms with Gasteiger partial charge in [0.1, 0.15) is 5.75 Å². The van der Waals surface area contributed by atoms with Crippen LogP contribution in [0.5, 0.6) is 5.75 Å². The first-order valence-electron chi connectivity index (χ1n) is 9.83. The molecule has 3 atom stereocenters. The highest BCUT2D eigenvalue weighted by Crippen LogP contribution is 2.48. The summed E-state index contributed by atoms with van der Waals surface area (Å²) in [6.45, 7) is 4.64. The van der Waals surface area contributed by atoms with Gasteiger partial charge in [-0.1, -0.05) is 18.2 Å². The number of aryl methyl sites for hydroxylation is 1. The molecule has 0 aliphatic carbocycles. The maximum atomic E-state index is 5.72. The Morgan fingerprint density at radius 3 is 2.69 bits per heavy atom. The lowest BCUT2D eigenvalue weighted by molar-refractivity contribution is -0.00879. The van der Waals surface area contributed by atoms with E-state index in [1.807, 2.05) is 17.9 Å². The van der Waals surface area contributed by atoms with E-state index in [0.717, 1.165) is 24.8 Å². The lowest BCUT2D eigenvalue weighted by Crippen LogP contribution is -2.59. The number of ether oxygens (including phenoxy) is 1. The van der Waals surface area contributed by atoms with E-state index in [1.54, 1.807) is 7.11 Å². The summed E-state index contributed by atoms with van der Waals surface area (Å²) >= 11 is 0. The largest absolute Gasteiger partial charge is 0.496 e. The van der Waals surface area contributed by atoms with Crippen molar-refractivity contribution in [1.29, 1.82) is 0 Å². The van der Waals surface area contributed by atoms with Gasteiger partial charge in [0.2, 0.25) is 0 Å². The van der Waals surface area contributed by atoms with Gasteiger partial charge in [0.25, 0.3) is 0 Å². The molecule has 26 heavy (non-hydrogen) atoms. The lowest BCUT2D eigenvalue weighted by Gasteiger charge is -2.51. The fourth-order valence-corrected chi connectivity index (χ4v) is 5.76. The molecule has 5 heterocycles. The summed E-state index contributed by atoms with van der Waals surface area (Å²) in [6, 6.07) is 9.91. The van der Waals surface area contributed by atoms with Gasteiger partial charge in [0.05, 0.1) is 13.3 Å². The molecule has 0 spiro atoms. The number of methoxy groups -OCH3 is 1. The zero-order chi connectivity index (χ0) is 17.7. The number of hydrogen-bond donors (Lipinski definition) is 0. The molecular formula is C21H28N4O. The van der Waals surface area contributed by atoms with Crippen LogP contribution in [-0.4, -0.2) is 58.4 Å². The Morgan fingerprint density at radius 1 is 1.15 bits per heavy atom. The minimum atomic E-state index is 0.524. The summed E-state index contributed by atoms with van der Waals surface area (Å²) in [5.41, 5.74) is 2.70. The van der Waals surface area contributed by atoms with Gasteiger partial charge in [-0.15, -0.1) is 0 Å². The van der Waals surface area contributed by atoms with Crippen LogP contribution in [0.2, 0.25) is 0 Å². The Bertz CT molecular complexity index is 780. The number of likely N-dealkylation sites (tertiary alicyclic amines) is 1. The molecule has 2 bridgehead atoms. The maximum Gasteiger partial charge on any atom is 0.122 e. The minimum Gasteiger partial charge on any atom is -0.496 e. The first-order chi connectivity index (χ1) is 12.7. The quantitative estimate of drug-likeness (QED) is 0.847. The number of benzene rings is 1.